The van der Waals surface area contributed by atoms with Crippen molar-refractivity contribution in [3.8, 4) is 5.75 Å². The summed E-state index contributed by atoms with van der Waals surface area (Å²) >= 11 is 0. The fourth-order valence-electron chi connectivity index (χ4n) is 2.22. The van der Waals surface area contributed by atoms with Crippen molar-refractivity contribution in [2.75, 3.05) is 7.11 Å². The van der Waals surface area contributed by atoms with E-state index in [4.69, 9.17) is 4.74 Å². The van der Waals surface area contributed by atoms with Crippen molar-refractivity contribution in [3.05, 3.63) is 65.0 Å². The van der Waals surface area contributed by atoms with Crippen LogP contribution in [0.25, 0.3) is 0 Å². The maximum Gasteiger partial charge on any atom is 0.224 e. The Kier molecular flexibility index (Phi) is 5.46. The van der Waals surface area contributed by atoms with E-state index < -0.39 is 0 Å². The molecule has 0 aliphatic heterocycles. The molecule has 23 heavy (non-hydrogen) atoms. The van der Waals surface area contributed by atoms with Crippen LogP contribution in [-0.4, -0.2) is 18.8 Å². The van der Waals surface area contributed by atoms with Crippen LogP contribution in [0.1, 0.15) is 28.4 Å². The molecule has 0 heterocycles. The van der Waals surface area contributed by atoms with Crippen LogP contribution < -0.4 is 10.1 Å². The first-order valence-electron chi connectivity index (χ1n) is 7.18. The number of nitrogens with one attached hydrogen (secondary N) is 1. The largest absolute Gasteiger partial charge is 0.496 e. The molecule has 5 heteroatoms. The van der Waals surface area contributed by atoms with Crippen LogP contribution >= 0.6 is 0 Å². The highest BCUT2D eigenvalue weighted by Gasteiger charge is 2.11. The van der Waals surface area contributed by atoms with E-state index in [0.29, 0.717) is 22.4 Å². The summed E-state index contributed by atoms with van der Waals surface area (Å²) in [6.07, 6.45) is 0.0829. The van der Waals surface area contributed by atoms with Crippen molar-refractivity contribution in [3.63, 3.8) is 0 Å². The Labute approximate surface area is 134 Å². The third kappa shape index (κ3) is 4.64. The van der Waals surface area contributed by atoms with Gasteiger partial charge in [-0.05, 0) is 42.8 Å². The van der Waals surface area contributed by atoms with E-state index in [1.54, 1.807) is 30.3 Å². The van der Waals surface area contributed by atoms with Gasteiger partial charge in [0.15, 0.2) is 5.78 Å². The Morgan fingerprint density at radius 2 is 1.96 bits per heavy atom. The van der Waals surface area contributed by atoms with Crippen molar-refractivity contribution >= 4 is 11.7 Å². The third-order valence-electron chi connectivity index (χ3n) is 3.42. The molecule has 0 radical (unpaired) electrons. The Balaban J connectivity index is 2.04. The van der Waals surface area contributed by atoms with Crippen LogP contribution in [0.2, 0.25) is 0 Å². The van der Waals surface area contributed by atoms with E-state index in [1.807, 2.05) is 0 Å². The number of ketones is 1. The predicted octanol–water partition coefficient (Wildman–Crippen LogP) is 2.90. The number of carbonyl (C=O) groups excluding carboxylic acids is 2. The number of benzene rings is 2. The highest BCUT2D eigenvalue weighted by Crippen LogP contribution is 2.21. The molecular weight excluding hydrogens is 297 g/mol. The van der Waals surface area contributed by atoms with E-state index in [1.165, 1.54) is 26.2 Å². The Bertz CT molecular complexity index is 728. The lowest BCUT2D eigenvalue weighted by Gasteiger charge is -2.10. The van der Waals surface area contributed by atoms with Crippen LogP contribution in [0, 0.1) is 5.82 Å². The zero-order valence-electron chi connectivity index (χ0n) is 13.1. The molecular formula is C18H18FNO3. The first kappa shape index (κ1) is 16.7. The van der Waals surface area contributed by atoms with Crippen LogP contribution in [0.4, 0.5) is 4.39 Å². The molecule has 0 atom stereocenters. The van der Waals surface area contributed by atoms with Gasteiger partial charge in [-0.1, -0.05) is 12.1 Å². The summed E-state index contributed by atoms with van der Waals surface area (Å²) in [7, 11) is 1.51. The standard InChI is InChI=1S/C18H18FNO3/c1-12(21)14-6-7-17(23-2)15(9-14)10-18(22)20-11-13-4-3-5-16(19)8-13/h3-9H,10-11H2,1-2H3,(H,20,22). The highest BCUT2D eigenvalue weighted by atomic mass is 19.1. The molecule has 2 aromatic rings. The quantitative estimate of drug-likeness (QED) is 0.834. The smallest absolute Gasteiger partial charge is 0.224 e. The SMILES string of the molecule is COc1ccc(C(C)=O)cc1CC(=O)NCc1cccc(F)c1. The molecule has 1 amide bonds. The maximum atomic E-state index is 13.1. The summed E-state index contributed by atoms with van der Waals surface area (Å²) in [6.45, 7) is 1.71. The van der Waals surface area contributed by atoms with Gasteiger partial charge >= 0.3 is 0 Å². The van der Waals surface area contributed by atoms with Crippen molar-refractivity contribution in [2.24, 2.45) is 0 Å². The van der Waals surface area contributed by atoms with Gasteiger partial charge < -0.3 is 10.1 Å². The topological polar surface area (TPSA) is 55.4 Å². The number of halogens is 1. The molecule has 2 aromatic carbocycles. The Morgan fingerprint density at radius 1 is 1.17 bits per heavy atom. The Hall–Kier alpha value is -2.69. The molecule has 4 nitrogen and oxygen atoms in total. The lowest BCUT2D eigenvalue weighted by molar-refractivity contribution is -0.120. The van der Waals surface area contributed by atoms with Gasteiger partial charge in [0, 0.05) is 17.7 Å². The second kappa shape index (κ2) is 7.54. The van der Waals surface area contributed by atoms with E-state index >= 15 is 0 Å². The van der Waals surface area contributed by atoms with Gasteiger partial charge in [-0.15, -0.1) is 0 Å². The fourth-order valence-corrected chi connectivity index (χ4v) is 2.22. The zero-order valence-corrected chi connectivity index (χ0v) is 13.1. The fraction of sp³-hybridized carbons (Fsp3) is 0.222. The number of amides is 1. The summed E-state index contributed by atoms with van der Waals surface area (Å²) in [5.74, 6) is -0.0918. The molecule has 0 aliphatic carbocycles. The number of hydrogen-bond donors (Lipinski definition) is 1. The minimum Gasteiger partial charge on any atom is -0.496 e. The average Bonchev–Trinajstić information content (AvgIpc) is 2.53. The van der Waals surface area contributed by atoms with Crippen molar-refractivity contribution in [2.45, 2.75) is 19.9 Å². The number of Topliss-reactive ketones (excluding diaryl/α,β-unsaturated/α-hetero) is 1. The molecule has 0 saturated carbocycles. The molecule has 0 fully saturated rings. The number of rotatable bonds is 6. The molecule has 0 unspecified atom stereocenters. The van der Waals surface area contributed by atoms with Crippen LogP contribution in [-0.2, 0) is 17.8 Å². The molecule has 0 saturated heterocycles. The summed E-state index contributed by atoms with van der Waals surface area (Å²) < 4.78 is 18.3. The maximum absolute atomic E-state index is 13.1. The molecule has 0 spiro atoms. The van der Waals surface area contributed by atoms with Gasteiger partial charge in [-0.2, -0.15) is 0 Å². The Morgan fingerprint density at radius 3 is 2.61 bits per heavy atom. The second-order valence-electron chi connectivity index (χ2n) is 5.17. The number of ether oxygens (including phenoxy) is 1. The number of carbonyl (C=O) groups is 2. The molecule has 0 aromatic heterocycles. The second-order valence-corrected chi connectivity index (χ2v) is 5.17. The molecule has 0 aliphatic rings. The van der Waals surface area contributed by atoms with Gasteiger partial charge in [0.05, 0.1) is 13.5 Å². The average molecular weight is 315 g/mol. The first-order chi connectivity index (χ1) is 11.0. The first-order valence-corrected chi connectivity index (χ1v) is 7.18. The van der Waals surface area contributed by atoms with Gasteiger partial charge in [0.1, 0.15) is 11.6 Å². The van der Waals surface area contributed by atoms with Crippen LogP contribution in [0.5, 0.6) is 5.75 Å². The van der Waals surface area contributed by atoms with E-state index in [0.717, 1.165) is 0 Å². The van der Waals surface area contributed by atoms with Crippen molar-refractivity contribution < 1.29 is 18.7 Å². The van der Waals surface area contributed by atoms with Crippen LogP contribution in [0.15, 0.2) is 42.5 Å². The lowest BCUT2D eigenvalue weighted by atomic mass is 10.0. The zero-order chi connectivity index (χ0) is 16.8. The minimum atomic E-state index is -0.340. The van der Waals surface area contributed by atoms with E-state index in [9.17, 15) is 14.0 Å². The molecule has 2 rings (SSSR count). The van der Waals surface area contributed by atoms with E-state index in [2.05, 4.69) is 5.32 Å². The molecule has 1 N–H and O–H groups in total. The van der Waals surface area contributed by atoms with Crippen LogP contribution in [0.3, 0.4) is 0 Å². The number of hydrogen-bond acceptors (Lipinski definition) is 3. The molecule has 120 valence electrons. The van der Waals surface area contributed by atoms with Crippen molar-refractivity contribution in [1.82, 2.24) is 5.32 Å². The van der Waals surface area contributed by atoms with Gasteiger partial charge in [-0.25, -0.2) is 4.39 Å². The van der Waals surface area contributed by atoms with Gasteiger partial charge in [0.25, 0.3) is 0 Å². The minimum absolute atomic E-state index is 0.0749. The number of methoxy groups -OCH3 is 1. The monoisotopic (exact) mass is 315 g/mol. The normalized spacial score (nSPS) is 10.2. The van der Waals surface area contributed by atoms with Gasteiger partial charge in [0.2, 0.25) is 5.91 Å². The summed E-state index contributed by atoms with van der Waals surface area (Å²) in [4.78, 5) is 23.5. The highest BCUT2D eigenvalue weighted by molar-refractivity contribution is 5.94. The van der Waals surface area contributed by atoms with Crippen molar-refractivity contribution in [1.29, 1.82) is 0 Å². The van der Waals surface area contributed by atoms with E-state index in [-0.39, 0.29) is 30.5 Å². The lowest BCUT2D eigenvalue weighted by Crippen LogP contribution is -2.24. The summed E-state index contributed by atoms with van der Waals surface area (Å²) in [5, 5.41) is 2.73. The third-order valence-corrected chi connectivity index (χ3v) is 3.42. The predicted molar refractivity (Wildman–Crippen MR) is 84.9 cm³/mol. The van der Waals surface area contributed by atoms with Gasteiger partial charge in [-0.3, -0.25) is 9.59 Å². The summed E-state index contributed by atoms with van der Waals surface area (Å²) in [5.41, 5.74) is 1.85. The summed E-state index contributed by atoms with van der Waals surface area (Å²) in [6, 6.07) is 11.0. The molecule has 0 bridgehead atoms.